The topological polar surface area (TPSA) is 66.4 Å². The third kappa shape index (κ3) is 8.39. The fourth-order valence-electron chi connectivity index (χ4n) is 0.665. The molecular weight excluding hydrogens is 247 g/mol. The van der Waals surface area contributed by atoms with Crippen LogP contribution in [0.2, 0.25) is 0 Å². The third-order valence-corrected chi connectivity index (χ3v) is 2.52. The van der Waals surface area contributed by atoms with Gasteiger partial charge >= 0.3 is 12.1 Å². The third-order valence-electron chi connectivity index (χ3n) is 1.53. The smallest absolute Gasteiger partial charge is 0.397 e. The van der Waals surface area contributed by atoms with E-state index in [0.717, 1.165) is 0 Å². The molecule has 0 saturated carbocycles. The van der Waals surface area contributed by atoms with E-state index in [1.54, 1.807) is 0 Å². The first kappa shape index (κ1) is 15.1. The SMILES string of the molecule is CC(CNC(=O)CSCC(F)(F)F)C(=O)O. The number of carbonyl (C=O) groups is 2. The predicted octanol–water partition coefficient (Wildman–Crippen LogP) is 1.12. The van der Waals surface area contributed by atoms with Gasteiger partial charge in [-0.15, -0.1) is 11.8 Å². The van der Waals surface area contributed by atoms with Crippen molar-refractivity contribution in [2.24, 2.45) is 5.92 Å². The van der Waals surface area contributed by atoms with Gasteiger partial charge in [-0.1, -0.05) is 6.92 Å². The summed E-state index contributed by atoms with van der Waals surface area (Å²) in [5, 5.41) is 10.7. The zero-order valence-corrected chi connectivity index (χ0v) is 9.32. The second-order valence-corrected chi connectivity index (χ2v) is 4.14. The molecule has 0 fully saturated rings. The Kier molecular flexibility index (Phi) is 6.24. The van der Waals surface area contributed by atoms with E-state index in [9.17, 15) is 22.8 Å². The van der Waals surface area contributed by atoms with Crippen LogP contribution >= 0.6 is 11.8 Å². The quantitative estimate of drug-likeness (QED) is 0.750. The molecule has 0 aromatic carbocycles. The average molecular weight is 259 g/mol. The lowest BCUT2D eigenvalue weighted by Gasteiger charge is -2.09. The Hall–Kier alpha value is -0.920. The fourth-order valence-corrected chi connectivity index (χ4v) is 1.29. The summed E-state index contributed by atoms with van der Waals surface area (Å²) in [7, 11) is 0. The molecule has 2 N–H and O–H groups in total. The summed E-state index contributed by atoms with van der Waals surface area (Å²) in [5.41, 5.74) is 0. The Morgan fingerprint density at radius 3 is 2.44 bits per heavy atom. The lowest BCUT2D eigenvalue weighted by molar-refractivity contribution is -0.141. The minimum atomic E-state index is -4.29. The van der Waals surface area contributed by atoms with Gasteiger partial charge in [0, 0.05) is 6.54 Å². The van der Waals surface area contributed by atoms with E-state index in [0.29, 0.717) is 11.8 Å². The molecule has 0 aliphatic heterocycles. The number of thioether (sulfide) groups is 1. The van der Waals surface area contributed by atoms with Crippen LogP contribution in [0.1, 0.15) is 6.92 Å². The first-order chi connectivity index (χ1) is 7.22. The molecule has 0 aromatic rings. The van der Waals surface area contributed by atoms with Crippen molar-refractivity contribution in [2.75, 3.05) is 18.1 Å². The van der Waals surface area contributed by atoms with E-state index in [1.807, 2.05) is 0 Å². The number of carboxylic acid groups (broad SMARTS) is 1. The molecule has 0 rings (SSSR count). The van der Waals surface area contributed by atoms with E-state index in [4.69, 9.17) is 5.11 Å². The molecule has 0 spiro atoms. The van der Waals surface area contributed by atoms with Crippen LogP contribution in [0.25, 0.3) is 0 Å². The van der Waals surface area contributed by atoms with Crippen LogP contribution in [0.5, 0.6) is 0 Å². The summed E-state index contributed by atoms with van der Waals surface area (Å²) in [6, 6.07) is 0. The molecule has 1 amide bonds. The fraction of sp³-hybridized carbons (Fsp3) is 0.750. The van der Waals surface area contributed by atoms with Crippen LogP contribution in [0.3, 0.4) is 0 Å². The average Bonchev–Trinajstić information content (AvgIpc) is 2.11. The minimum absolute atomic E-state index is 0.0826. The van der Waals surface area contributed by atoms with Crippen molar-refractivity contribution in [3.05, 3.63) is 0 Å². The summed E-state index contributed by atoms with van der Waals surface area (Å²) in [5.74, 6) is -3.83. The monoisotopic (exact) mass is 259 g/mol. The van der Waals surface area contributed by atoms with Gasteiger partial charge in [0.2, 0.25) is 5.91 Å². The number of amides is 1. The molecule has 1 unspecified atom stereocenters. The maximum Gasteiger partial charge on any atom is 0.397 e. The number of carboxylic acids is 1. The van der Waals surface area contributed by atoms with Crippen molar-refractivity contribution in [3.8, 4) is 0 Å². The maximum atomic E-state index is 11.7. The van der Waals surface area contributed by atoms with Crippen molar-refractivity contribution < 1.29 is 27.9 Å². The second kappa shape index (κ2) is 6.62. The lowest BCUT2D eigenvalue weighted by atomic mass is 10.2. The summed E-state index contributed by atoms with van der Waals surface area (Å²) < 4.78 is 35.1. The van der Waals surface area contributed by atoms with Crippen molar-refractivity contribution in [3.63, 3.8) is 0 Å². The van der Waals surface area contributed by atoms with Gasteiger partial charge in [0.05, 0.1) is 17.4 Å². The number of alkyl halides is 3. The molecule has 16 heavy (non-hydrogen) atoms. The number of hydrogen-bond acceptors (Lipinski definition) is 3. The second-order valence-electron chi connectivity index (χ2n) is 3.15. The molecule has 0 aliphatic rings. The Morgan fingerprint density at radius 2 is 2.00 bits per heavy atom. The summed E-state index contributed by atoms with van der Waals surface area (Å²) in [6.07, 6.45) is -4.29. The van der Waals surface area contributed by atoms with Crippen LogP contribution in [-0.2, 0) is 9.59 Å². The molecule has 0 heterocycles. The van der Waals surface area contributed by atoms with Gasteiger partial charge in [0.25, 0.3) is 0 Å². The summed E-state index contributed by atoms with van der Waals surface area (Å²) >= 11 is 0.444. The highest BCUT2D eigenvalue weighted by molar-refractivity contribution is 8.00. The van der Waals surface area contributed by atoms with Crippen LogP contribution < -0.4 is 5.32 Å². The van der Waals surface area contributed by atoms with Crippen molar-refractivity contribution in [1.82, 2.24) is 5.32 Å². The molecule has 0 bridgehead atoms. The number of rotatable bonds is 6. The van der Waals surface area contributed by atoms with Gasteiger partial charge in [0.1, 0.15) is 0 Å². The Balaban J connectivity index is 3.64. The number of halogens is 3. The lowest BCUT2D eigenvalue weighted by Crippen LogP contribution is -2.32. The van der Waals surface area contributed by atoms with Crippen LogP contribution in [0.15, 0.2) is 0 Å². The predicted molar refractivity (Wildman–Crippen MR) is 53.2 cm³/mol. The zero-order valence-electron chi connectivity index (χ0n) is 8.50. The number of nitrogens with one attached hydrogen (secondary N) is 1. The minimum Gasteiger partial charge on any atom is -0.481 e. The van der Waals surface area contributed by atoms with E-state index in [1.165, 1.54) is 6.92 Å². The van der Waals surface area contributed by atoms with Crippen LogP contribution in [0, 0.1) is 5.92 Å². The van der Waals surface area contributed by atoms with Gasteiger partial charge in [-0.2, -0.15) is 13.2 Å². The number of hydrogen-bond donors (Lipinski definition) is 2. The molecule has 94 valence electrons. The molecule has 0 aromatic heterocycles. The van der Waals surface area contributed by atoms with E-state index >= 15 is 0 Å². The first-order valence-corrected chi connectivity index (χ1v) is 5.52. The van der Waals surface area contributed by atoms with Gasteiger partial charge in [-0.25, -0.2) is 0 Å². The summed E-state index contributed by atoms with van der Waals surface area (Å²) in [4.78, 5) is 21.3. The summed E-state index contributed by atoms with van der Waals surface area (Å²) in [6.45, 7) is 1.31. The highest BCUT2D eigenvalue weighted by Crippen LogP contribution is 2.20. The molecule has 1 atom stereocenters. The van der Waals surface area contributed by atoms with E-state index < -0.39 is 29.7 Å². The van der Waals surface area contributed by atoms with Crippen LogP contribution in [-0.4, -0.2) is 41.2 Å². The Morgan fingerprint density at radius 1 is 1.44 bits per heavy atom. The normalized spacial score (nSPS) is 13.2. The standard InChI is InChI=1S/C8H12F3NO3S/c1-5(7(14)15)2-12-6(13)3-16-4-8(9,10)11/h5H,2-4H2,1H3,(H,12,13)(H,14,15). The largest absolute Gasteiger partial charge is 0.481 e. The van der Waals surface area contributed by atoms with Crippen molar-refractivity contribution >= 4 is 23.6 Å². The molecule has 0 aliphatic carbocycles. The van der Waals surface area contributed by atoms with Crippen molar-refractivity contribution in [1.29, 1.82) is 0 Å². The molecule has 0 saturated heterocycles. The van der Waals surface area contributed by atoms with E-state index in [2.05, 4.69) is 5.32 Å². The zero-order chi connectivity index (χ0) is 12.8. The van der Waals surface area contributed by atoms with Crippen LogP contribution in [0.4, 0.5) is 13.2 Å². The van der Waals surface area contributed by atoms with E-state index in [-0.39, 0.29) is 12.3 Å². The van der Waals surface area contributed by atoms with Crippen molar-refractivity contribution in [2.45, 2.75) is 13.1 Å². The number of aliphatic carboxylic acids is 1. The Labute approximate surface area is 94.6 Å². The molecule has 0 radical (unpaired) electrons. The number of carbonyl (C=O) groups excluding carboxylic acids is 1. The van der Waals surface area contributed by atoms with Gasteiger partial charge in [-0.05, 0) is 0 Å². The molecule has 8 heteroatoms. The molecular formula is C8H12F3NO3S. The highest BCUT2D eigenvalue weighted by Gasteiger charge is 2.27. The van der Waals surface area contributed by atoms with Gasteiger partial charge < -0.3 is 10.4 Å². The van der Waals surface area contributed by atoms with Gasteiger partial charge in [-0.3, -0.25) is 9.59 Å². The first-order valence-electron chi connectivity index (χ1n) is 4.36. The highest BCUT2D eigenvalue weighted by atomic mass is 32.2. The Bertz CT molecular complexity index is 257. The molecule has 4 nitrogen and oxygen atoms in total. The van der Waals surface area contributed by atoms with Gasteiger partial charge in [0.15, 0.2) is 0 Å². The maximum absolute atomic E-state index is 11.7.